The second-order valence-corrected chi connectivity index (χ2v) is 8.19. The molecule has 2 rings (SSSR count). The molecule has 0 unspecified atom stereocenters. The van der Waals surface area contributed by atoms with Gasteiger partial charge in [-0.3, -0.25) is 9.59 Å². The fourth-order valence-electron chi connectivity index (χ4n) is 3.00. The highest BCUT2D eigenvalue weighted by molar-refractivity contribution is 7.89. The summed E-state index contributed by atoms with van der Waals surface area (Å²) in [5, 5.41) is 2.67. The predicted molar refractivity (Wildman–Crippen MR) is 98.9 cm³/mol. The van der Waals surface area contributed by atoms with Gasteiger partial charge in [-0.25, -0.2) is 13.2 Å². The molecule has 9 nitrogen and oxygen atoms in total. The van der Waals surface area contributed by atoms with Crippen LogP contribution in [0.1, 0.15) is 29.6 Å². The first kappa shape index (κ1) is 21.8. The third-order valence-corrected chi connectivity index (χ3v) is 6.55. The predicted octanol–water partition coefficient (Wildman–Crippen LogP) is 0.553. The van der Waals surface area contributed by atoms with Crippen LogP contribution in [-0.2, 0) is 29.1 Å². The number of amides is 1. The van der Waals surface area contributed by atoms with Crippen LogP contribution in [0.4, 0.5) is 0 Å². The summed E-state index contributed by atoms with van der Waals surface area (Å²) in [5.74, 6) is -1.68. The van der Waals surface area contributed by atoms with Crippen molar-refractivity contribution in [2.45, 2.75) is 24.2 Å². The molecule has 0 aromatic heterocycles. The summed E-state index contributed by atoms with van der Waals surface area (Å²) in [6, 6.07) is 5.88. The summed E-state index contributed by atoms with van der Waals surface area (Å²) in [7, 11) is -1.42. The molecule has 1 N–H and O–H groups in total. The lowest BCUT2D eigenvalue weighted by molar-refractivity contribution is -0.140. The van der Waals surface area contributed by atoms with E-state index in [2.05, 4.69) is 14.8 Å². The molecule has 10 heteroatoms. The summed E-state index contributed by atoms with van der Waals surface area (Å²) in [6.45, 7) is 0.496. The minimum atomic E-state index is -3.89. The number of piperidine rings is 1. The summed E-state index contributed by atoms with van der Waals surface area (Å²) in [6.07, 6.45) is 0.785. The fraction of sp³-hybridized carbons (Fsp3) is 0.500. The number of benzene rings is 1. The van der Waals surface area contributed by atoms with Gasteiger partial charge in [0.05, 0.1) is 31.1 Å². The SMILES string of the molecule is COC(=O)CCNC(=O)C1CCN(S(=O)(=O)c2ccccc2C(=O)OC)CC1. The minimum absolute atomic E-state index is 0.0207. The lowest BCUT2D eigenvalue weighted by atomic mass is 9.97. The van der Waals surface area contributed by atoms with Gasteiger partial charge >= 0.3 is 11.9 Å². The van der Waals surface area contributed by atoms with Gasteiger partial charge in [-0.1, -0.05) is 12.1 Å². The molecule has 28 heavy (non-hydrogen) atoms. The zero-order chi connectivity index (χ0) is 20.7. The van der Waals surface area contributed by atoms with Crippen LogP contribution in [0.25, 0.3) is 0 Å². The molecule has 154 valence electrons. The molecule has 0 radical (unpaired) electrons. The Bertz CT molecular complexity index is 830. The molecule has 1 aromatic rings. The number of esters is 2. The molecule has 0 spiro atoms. The number of nitrogens with zero attached hydrogens (tertiary/aromatic N) is 1. The van der Waals surface area contributed by atoms with E-state index in [4.69, 9.17) is 0 Å². The first-order chi connectivity index (χ1) is 13.3. The Morgan fingerprint density at radius 2 is 1.75 bits per heavy atom. The molecule has 1 aliphatic heterocycles. The molecule has 1 aromatic carbocycles. The summed E-state index contributed by atoms with van der Waals surface area (Å²) in [4.78, 5) is 35.0. The fourth-order valence-corrected chi connectivity index (χ4v) is 4.65. The highest BCUT2D eigenvalue weighted by atomic mass is 32.2. The maximum absolute atomic E-state index is 13.0. The van der Waals surface area contributed by atoms with Crippen molar-refractivity contribution in [1.29, 1.82) is 0 Å². The van der Waals surface area contributed by atoms with Crippen LogP contribution in [0.3, 0.4) is 0 Å². The number of hydrogen-bond donors (Lipinski definition) is 1. The monoisotopic (exact) mass is 412 g/mol. The van der Waals surface area contributed by atoms with Crippen LogP contribution in [0.15, 0.2) is 29.2 Å². The van der Waals surface area contributed by atoms with Gasteiger partial charge in [0, 0.05) is 25.6 Å². The van der Waals surface area contributed by atoms with Crippen LogP contribution in [0.5, 0.6) is 0 Å². The van der Waals surface area contributed by atoms with E-state index in [-0.39, 0.29) is 48.3 Å². The Hall–Kier alpha value is -2.46. The lowest BCUT2D eigenvalue weighted by Crippen LogP contribution is -2.43. The van der Waals surface area contributed by atoms with Crippen molar-refractivity contribution in [2.24, 2.45) is 5.92 Å². The maximum atomic E-state index is 13.0. The van der Waals surface area contributed by atoms with Crippen molar-refractivity contribution in [3.05, 3.63) is 29.8 Å². The van der Waals surface area contributed by atoms with Crippen molar-refractivity contribution < 1.29 is 32.3 Å². The Balaban J connectivity index is 2.00. The minimum Gasteiger partial charge on any atom is -0.469 e. The zero-order valence-corrected chi connectivity index (χ0v) is 16.7. The van der Waals surface area contributed by atoms with E-state index < -0.39 is 22.0 Å². The van der Waals surface area contributed by atoms with E-state index in [0.717, 1.165) is 0 Å². The first-order valence-electron chi connectivity index (χ1n) is 8.83. The van der Waals surface area contributed by atoms with Gasteiger partial charge in [0.25, 0.3) is 0 Å². The quantitative estimate of drug-likeness (QED) is 0.650. The van der Waals surface area contributed by atoms with Crippen molar-refractivity contribution in [3.8, 4) is 0 Å². The standard InChI is InChI=1S/C18H24N2O7S/c1-26-16(21)7-10-19-17(22)13-8-11-20(12-9-13)28(24,25)15-6-4-3-5-14(15)18(23)27-2/h3-6,13H,7-12H2,1-2H3,(H,19,22). The van der Waals surface area contributed by atoms with Gasteiger partial charge in [-0.05, 0) is 25.0 Å². The highest BCUT2D eigenvalue weighted by Crippen LogP contribution is 2.26. The van der Waals surface area contributed by atoms with Gasteiger partial charge in [0.2, 0.25) is 15.9 Å². The molecule has 1 saturated heterocycles. The molecule has 0 bridgehead atoms. The zero-order valence-electron chi connectivity index (χ0n) is 15.8. The maximum Gasteiger partial charge on any atom is 0.339 e. The number of ether oxygens (including phenoxy) is 2. The van der Waals surface area contributed by atoms with Crippen LogP contribution >= 0.6 is 0 Å². The Morgan fingerprint density at radius 1 is 1.11 bits per heavy atom. The summed E-state index contributed by atoms with van der Waals surface area (Å²) in [5.41, 5.74) is -0.0207. The van der Waals surface area contributed by atoms with Gasteiger partial charge in [0.1, 0.15) is 0 Å². The molecule has 1 aliphatic rings. The second kappa shape index (κ2) is 9.65. The van der Waals surface area contributed by atoms with Crippen molar-refractivity contribution in [2.75, 3.05) is 33.9 Å². The molecule has 1 amide bonds. The number of rotatable bonds is 7. The average Bonchev–Trinajstić information content (AvgIpc) is 2.72. The third-order valence-electron chi connectivity index (χ3n) is 4.59. The van der Waals surface area contributed by atoms with Crippen molar-refractivity contribution >= 4 is 27.9 Å². The Morgan fingerprint density at radius 3 is 2.36 bits per heavy atom. The van der Waals surface area contributed by atoms with E-state index in [0.29, 0.717) is 12.8 Å². The largest absolute Gasteiger partial charge is 0.469 e. The number of sulfonamides is 1. The van der Waals surface area contributed by atoms with E-state index in [9.17, 15) is 22.8 Å². The number of nitrogens with one attached hydrogen (secondary N) is 1. The van der Waals surface area contributed by atoms with Crippen molar-refractivity contribution in [3.63, 3.8) is 0 Å². The number of carbonyl (C=O) groups excluding carboxylic acids is 3. The van der Waals surface area contributed by atoms with Gasteiger partial charge in [-0.15, -0.1) is 0 Å². The van der Waals surface area contributed by atoms with Gasteiger partial charge in [-0.2, -0.15) is 4.31 Å². The topological polar surface area (TPSA) is 119 Å². The van der Waals surface area contributed by atoms with E-state index in [1.54, 1.807) is 12.1 Å². The van der Waals surface area contributed by atoms with Crippen molar-refractivity contribution in [1.82, 2.24) is 9.62 Å². The summed E-state index contributed by atoms with van der Waals surface area (Å²) < 4.78 is 36.3. The third kappa shape index (κ3) is 5.08. The molecule has 1 heterocycles. The smallest absolute Gasteiger partial charge is 0.339 e. The van der Waals surface area contributed by atoms with Crippen LogP contribution in [0.2, 0.25) is 0 Å². The Labute approximate surface area is 164 Å². The number of carbonyl (C=O) groups is 3. The molecular weight excluding hydrogens is 388 g/mol. The second-order valence-electron chi connectivity index (χ2n) is 6.28. The van der Waals surface area contributed by atoms with Crippen LogP contribution in [0, 0.1) is 5.92 Å². The lowest BCUT2D eigenvalue weighted by Gasteiger charge is -2.30. The first-order valence-corrected chi connectivity index (χ1v) is 10.3. The molecule has 1 fully saturated rings. The highest BCUT2D eigenvalue weighted by Gasteiger charge is 2.34. The van der Waals surface area contributed by atoms with Crippen LogP contribution < -0.4 is 5.32 Å². The van der Waals surface area contributed by atoms with E-state index in [1.165, 1.54) is 30.7 Å². The number of methoxy groups -OCH3 is 2. The molecule has 0 atom stereocenters. The number of hydrogen-bond acceptors (Lipinski definition) is 7. The molecule has 0 aliphatic carbocycles. The molecule has 0 saturated carbocycles. The average molecular weight is 412 g/mol. The van der Waals surface area contributed by atoms with Gasteiger partial charge in [0.15, 0.2) is 0 Å². The summed E-state index contributed by atoms with van der Waals surface area (Å²) >= 11 is 0. The van der Waals surface area contributed by atoms with E-state index >= 15 is 0 Å². The van der Waals surface area contributed by atoms with Crippen LogP contribution in [-0.4, -0.2) is 64.4 Å². The Kier molecular flexibility index (Phi) is 7.53. The van der Waals surface area contributed by atoms with E-state index in [1.807, 2.05) is 0 Å². The molecular formula is C18H24N2O7S. The normalized spacial score (nSPS) is 15.6. The van der Waals surface area contributed by atoms with Gasteiger partial charge < -0.3 is 14.8 Å².